The minimum Gasteiger partial charge on any atom is -0.306 e. The SMILES string of the molecule is Cc1ncc(-c2ccc(Cl)c(C(=O)Nc3ncc(C#Cc4ccccc4)cc3C)c2)s1. The number of nitrogens with one attached hydrogen (secondary N) is 1. The number of aromatic nitrogens is 2. The summed E-state index contributed by atoms with van der Waals surface area (Å²) in [5.74, 6) is 6.37. The monoisotopic (exact) mass is 443 g/mol. The first-order chi connectivity index (χ1) is 15.0. The molecule has 0 radical (unpaired) electrons. The Labute approximate surface area is 190 Å². The molecule has 152 valence electrons. The van der Waals surface area contributed by atoms with E-state index in [0.29, 0.717) is 16.4 Å². The van der Waals surface area contributed by atoms with Gasteiger partial charge in [-0.25, -0.2) is 9.97 Å². The Morgan fingerprint density at radius 1 is 0.968 bits per heavy atom. The zero-order valence-corrected chi connectivity index (χ0v) is 18.5. The molecule has 2 aromatic carbocycles. The number of anilines is 1. The Morgan fingerprint density at radius 3 is 2.45 bits per heavy atom. The Balaban J connectivity index is 1.54. The number of aryl methyl sites for hydroxylation is 2. The molecule has 4 aromatic rings. The van der Waals surface area contributed by atoms with Crippen LogP contribution >= 0.6 is 22.9 Å². The Morgan fingerprint density at radius 2 is 1.74 bits per heavy atom. The lowest BCUT2D eigenvalue weighted by molar-refractivity contribution is 0.102. The number of nitrogens with zero attached hydrogens (tertiary/aromatic N) is 2. The number of hydrogen-bond acceptors (Lipinski definition) is 4. The van der Waals surface area contributed by atoms with Crippen molar-refractivity contribution in [1.82, 2.24) is 9.97 Å². The molecule has 0 bridgehead atoms. The lowest BCUT2D eigenvalue weighted by Crippen LogP contribution is -2.14. The second kappa shape index (κ2) is 9.13. The molecule has 0 fully saturated rings. The quantitative estimate of drug-likeness (QED) is 0.387. The number of pyridine rings is 1. The fourth-order valence-electron chi connectivity index (χ4n) is 2.96. The molecule has 2 heterocycles. The highest BCUT2D eigenvalue weighted by Crippen LogP contribution is 2.29. The van der Waals surface area contributed by atoms with Crippen LogP contribution in [-0.2, 0) is 0 Å². The minimum atomic E-state index is -0.313. The molecule has 0 saturated carbocycles. The first kappa shape index (κ1) is 20.8. The van der Waals surface area contributed by atoms with Crippen LogP contribution in [0.25, 0.3) is 10.4 Å². The van der Waals surface area contributed by atoms with Crippen LogP contribution in [0.4, 0.5) is 5.82 Å². The average Bonchev–Trinajstić information content (AvgIpc) is 3.21. The third-order valence-corrected chi connectivity index (χ3v) is 5.84. The van der Waals surface area contributed by atoms with Crippen LogP contribution in [0.2, 0.25) is 5.02 Å². The summed E-state index contributed by atoms with van der Waals surface area (Å²) in [6.45, 7) is 3.83. The van der Waals surface area contributed by atoms with E-state index in [9.17, 15) is 4.79 Å². The van der Waals surface area contributed by atoms with E-state index >= 15 is 0 Å². The number of halogens is 1. The van der Waals surface area contributed by atoms with E-state index in [4.69, 9.17) is 11.6 Å². The fourth-order valence-corrected chi connectivity index (χ4v) is 3.94. The summed E-state index contributed by atoms with van der Waals surface area (Å²) in [7, 11) is 0. The molecule has 0 atom stereocenters. The van der Waals surface area contributed by atoms with E-state index in [0.717, 1.165) is 32.1 Å². The Kier molecular flexibility index (Phi) is 6.13. The predicted octanol–water partition coefficient (Wildman–Crippen LogP) is 6.13. The topological polar surface area (TPSA) is 54.9 Å². The smallest absolute Gasteiger partial charge is 0.258 e. The minimum absolute atomic E-state index is 0.313. The number of carbonyl (C=O) groups is 1. The number of benzene rings is 2. The van der Waals surface area contributed by atoms with E-state index in [1.54, 1.807) is 35.9 Å². The van der Waals surface area contributed by atoms with Crippen LogP contribution in [0.15, 0.2) is 67.0 Å². The predicted molar refractivity (Wildman–Crippen MR) is 127 cm³/mol. The van der Waals surface area contributed by atoms with Gasteiger partial charge in [0.05, 0.1) is 20.5 Å². The molecule has 2 aromatic heterocycles. The highest BCUT2D eigenvalue weighted by Gasteiger charge is 2.15. The van der Waals surface area contributed by atoms with Gasteiger partial charge in [-0.3, -0.25) is 4.79 Å². The second-order valence-corrected chi connectivity index (χ2v) is 8.54. The van der Waals surface area contributed by atoms with Crippen molar-refractivity contribution in [3.05, 3.63) is 99.3 Å². The van der Waals surface area contributed by atoms with E-state index < -0.39 is 0 Å². The van der Waals surface area contributed by atoms with Gasteiger partial charge in [-0.05, 0) is 55.3 Å². The molecule has 1 amide bonds. The van der Waals surface area contributed by atoms with Crippen molar-refractivity contribution in [3.8, 4) is 22.3 Å². The fraction of sp³-hybridized carbons (Fsp3) is 0.0800. The largest absolute Gasteiger partial charge is 0.306 e. The van der Waals surface area contributed by atoms with Crippen LogP contribution in [-0.4, -0.2) is 15.9 Å². The highest BCUT2D eigenvalue weighted by molar-refractivity contribution is 7.15. The van der Waals surface area contributed by atoms with Crippen LogP contribution in [0, 0.1) is 25.7 Å². The van der Waals surface area contributed by atoms with Crippen molar-refractivity contribution < 1.29 is 4.79 Å². The first-order valence-corrected chi connectivity index (χ1v) is 10.8. The molecule has 4 rings (SSSR count). The summed E-state index contributed by atoms with van der Waals surface area (Å²) in [4.78, 5) is 22.5. The second-order valence-electron chi connectivity index (χ2n) is 6.90. The average molecular weight is 444 g/mol. The summed E-state index contributed by atoms with van der Waals surface area (Å²) < 4.78 is 0. The third kappa shape index (κ3) is 5.00. The molecule has 1 N–H and O–H groups in total. The molecule has 31 heavy (non-hydrogen) atoms. The molecular weight excluding hydrogens is 426 g/mol. The lowest BCUT2D eigenvalue weighted by Gasteiger charge is -2.10. The maximum Gasteiger partial charge on any atom is 0.258 e. The van der Waals surface area contributed by atoms with Gasteiger partial charge in [-0.2, -0.15) is 0 Å². The summed E-state index contributed by atoms with van der Waals surface area (Å²) in [5, 5.41) is 4.20. The molecule has 0 aliphatic heterocycles. The van der Waals surface area contributed by atoms with Gasteiger partial charge in [0.15, 0.2) is 0 Å². The number of amides is 1. The van der Waals surface area contributed by atoms with E-state index in [2.05, 4.69) is 27.1 Å². The molecule has 0 unspecified atom stereocenters. The highest BCUT2D eigenvalue weighted by atomic mass is 35.5. The first-order valence-electron chi connectivity index (χ1n) is 9.57. The summed E-state index contributed by atoms with van der Waals surface area (Å²) in [5.41, 5.74) is 3.82. The number of thiazole rings is 1. The van der Waals surface area contributed by atoms with Crippen molar-refractivity contribution in [1.29, 1.82) is 0 Å². The van der Waals surface area contributed by atoms with Crippen molar-refractivity contribution in [3.63, 3.8) is 0 Å². The van der Waals surface area contributed by atoms with E-state index in [-0.39, 0.29) is 5.91 Å². The van der Waals surface area contributed by atoms with Crippen LogP contribution in [0.5, 0.6) is 0 Å². The summed E-state index contributed by atoms with van der Waals surface area (Å²) in [6.07, 6.45) is 3.45. The third-order valence-electron chi connectivity index (χ3n) is 4.55. The molecule has 0 aliphatic rings. The standard InChI is InChI=1S/C25H18ClN3OS/c1-16-12-19(9-8-18-6-4-3-5-7-18)14-28-24(16)29-25(30)21-13-20(10-11-22(21)26)23-15-27-17(2)31-23/h3-7,10-15H,1-2H3,(H,28,29,30). The van der Waals surface area contributed by atoms with Gasteiger partial charge >= 0.3 is 0 Å². The number of hydrogen-bond donors (Lipinski definition) is 1. The molecule has 0 saturated heterocycles. The van der Waals surface area contributed by atoms with Gasteiger partial charge in [0.1, 0.15) is 5.82 Å². The van der Waals surface area contributed by atoms with E-state index in [1.165, 1.54) is 0 Å². The molecule has 0 aliphatic carbocycles. The molecule has 6 heteroatoms. The van der Waals surface area contributed by atoms with Crippen molar-refractivity contribution in [2.75, 3.05) is 5.32 Å². The van der Waals surface area contributed by atoms with Gasteiger partial charge in [0, 0.05) is 23.5 Å². The zero-order valence-electron chi connectivity index (χ0n) is 16.9. The van der Waals surface area contributed by atoms with Gasteiger partial charge in [-0.1, -0.05) is 47.7 Å². The summed E-state index contributed by atoms with van der Waals surface area (Å²) >= 11 is 7.87. The normalized spacial score (nSPS) is 10.3. The molecule has 0 spiro atoms. The maximum atomic E-state index is 12.9. The van der Waals surface area contributed by atoms with Gasteiger partial charge in [0.2, 0.25) is 0 Å². The van der Waals surface area contributed by atoms with E-state index in [1.807, 2.05) is 56.3 Å². The van der Waals surface area contributed by atoms with Crippen molar-refractivity contribution >= 4 is 34.7 Å². The van der Waals surface area contributed by atoms with Gasteiger partial charge in [-0.15, -0.1) is 11.3 Å². The Bertz CT molecular complexity index is 1320. The van der Waals surface area contributed by atoms with Gasteiger partial charge in [0.25, 0.3) is 5.91 Å². The van der Waals surface area contributed by atoms with Crippen LogP contribution in [0.1, 0.15) is 32.1 Å². The zero-order chi connectivity index (χ0) is 21.8. The maximum absolute atomic E-state index is 12.9. The van der Waals surface area contributed by atoms with Crippen LogP contribution < -0.4 is 5.32 Å². The number of carbonyl (C=O) groups excluding carboxylic acids is 1. The van der Waals surface area contributed by atoms with Crippen molar-refractivity contribution in [2.45, 2.75) is 13.8 Å². The molecular formula is C25H18ClN3OS. The lowest BCUT2D eigenvalue weighted by atomic mass is 10.1. The summed E-state index contributed by atoms with van der Waals surface area (Å²) in [6, 6.07) is 17.0. The van der Waals surface area contributed by atoms with Crippen molar-refractivity contribution in [2.24, 2.45) is 0 Å². The van der Waals surface area contributed by atoms with Gasteiger partial charge < -0.3 is 5.32 Å². The number of rotatable bonds is 3. The molecule has 4 nitrogen and oxygen atoms in total. The Hall–Kier alpha value is -3.46. The van der Waals surface area contributed by atoms with Crippen LogP contribution in [0.3, 0.4) is 0 Å².